The summed E-state index contributed by atoms with van der Waals surface area (Å²) >= 11 is 2.12. The molecule has 0 unspecified atom stereocenters. The zero-order chi connectivity index (χ0) is 34.1. The van der Waals surface area contributed by atoms with Crippen LogP contribution in [0.1, 0.15) is 63.3 Å². The lowest BCUT2D eigenvalue weighted by molar-refractivity contribution is -0.123. The molecule has 14 heteroatoms. The van der Waals surface area contributed by atoms with Crippen LogP contribution in [0.15, 0.2) is 53.7 Å². The highest BCUT2D eigenvalue weighted by Gasteiger charge is 2.29. The van der Waals surface area contributed by atoms with Gasteiger partial charge in [-0.3, -0.25) is 14.2 Å². The highest BCUT2D eigenvalue weighted by molar-refractivity contribution is 8.00. The molecule has 4 aromatic rings. The molecule has 47 heavy (non-hydrogen) atoms. The van der Waals surface area contributed by atoms with Crippen LogP contribution in [0.2, 0.25) is 0 Å². The van der Waals surface area contributed by atoms with Crippen LogP contribution in [0.3, 0.4) is 0 Å². The summed E-state index contributed by atoms with van der Waals surface area (Å²) in [5, 5.41) is 14.3. The second kappa shape index (κ2) is 16.2. The SMILES string of the molecule is CCOC(=O)c1sc(NC(=O)[C@@H](C)Sc2nnc(CNC(=O)COc3ccccc3)n2-c2cccc(C)c2C)c(C(=O)OCC)c1C. The van der Waals surface area contributed by atoms with Gasteiger partial charge in [-0.15, -0.1) is 21.5 Å². The molecule has 2 aromatic heterocycles. The van der Waals surface area contributed by atoms with Crippen LogP contribution in [0.25, 0.3) is 5.69 Å². The quantitative estimate of drug-likeness (QED) is 0.131. The summed E-state index contributed by atoms with van der Waals surface area (Å²) in [6, 6.07) is 14.9. The molecule has 1 atom stereocenters. The maximum atomic E-state index is 13.5. The summed E-state index contributed by atoms with van der Waals surface area (Å²) in [7, 11) is 0. The molecular weight excluding hydrogens is 643 g/mol. The topological polar surface area (TPSA) is 151 Å². The summed E-state index contributed by atoms with van der Waals surface area (Å²) in [6.45, 7) is 10.8. The molecule has 0 radical (unpaired) electrons. The molecule has 248 valence electrons. The van der Waals surface area contributed by atoms with Crippen molar-refractivity contribution in [3.8, 4) is 11.4 Å². The van der Waals surface area contributed by atoms with E-state index >= 15 is 0 Å². The number of thioether (sulfide) groups is 1. The molecular formula is C33H37N5O7S2. The minimum atomic E-state index is -0.715. The number of carbonyl (C=O) groups is 4. The molecule has 0 aliphatic carbocycles. The van der Waals surface area contributed by atoms with Gasteiger partial charge in [0.05, 0.1) is 36.3 Å². The monoisotopic (exact) mass is 679 g/mol. The van der Waals surface area contributed by atoms with Crippen molar-refractivity contribution in [2.45, 2.75) is 58.5 Å². The Morgan fingerprint density at radius 3 is 2.32 bits per heavy atom. The third kappa shape index (κ3) is 8.57. The van der Waals surface area contributed by atoms with E-state index in [2.05, 4.69) is 20.8 Å². The molecule has 0 aliphatic heterocycles. The number of aromatic nitrogens is 3. The van der Waals surface area contributed by atoms with Crippen molar-refractivity contribution in [1.29, 1.82) is 0 Å². The second-order valence-electron chi connectivity index (χ2n) is 10.3. The van der Waals surface area contributed by atoms with Crippen molar-refractivity contribution in [2.24, 2.45) is 0 Å². The average Bonchev–Trinajstić information content (AvgIpc) is 3.60. The first-order valence-electron chi connectivity index (χ1n) is 15.0. The van der Waals surface area contributed by atoms with Gasteiger partial charge in [0.1, 0.15) is 15.6 Å². The van der Waals surface area contributed by atoms with E-state index in [1.165, 1.54) is 0 Å². The second-order valence-corrected chi connectivity index (χ2v) is 12.6. The Hall–Kier alpha value is -4.69. The Morgan fingerprint density at radius 2 is 1.62 bits per heavy atom. The summed E-state index contributed by atoms with van der Waals surface area (Å²) in [6.07, 6.45) is 0. The number of benzene rings is 2. The number of ether oxygens (including phenoxy) is 3. The van der Waals surface area contributed by atoms with Gasteiger partial charge < -0.3 is 24.8 Å². The van der Waals surface area contributed by atoms with Gasteiger partial charge in [-0.05, 0) is 76.4 Å². The largest absolute Gasteiger partial charge is 0.484 e. The van der Waals surface area contributed by atoms with Gasteiger partial charge >= 0.3 is 11.9 Å². The minimum Gasteiger partial charge on any atom is -0.484 e. The maximum Gasteiger partial charge on any atom is 0.348 e. The zero-order valence-electron chi connectivity index (χ0n) is 27.0. The molecule has 0 saturated heterocycles. The highest BCUT2D eigenvalue weighted by atomic mass is 32.2. The number of rotatable bonds is 14. The minimum absolute atomic E-state index is 0.0620. The van der Waals surface area contributed by atoms with Crippen molar-refractivity contribution < 1.29 is 33.4 Å². The molecule has 4 rings (SSSR count). The summed E-state index contributed by atoms with van der Waals surface area (Å²) in [5.74, 6) is -0.965. The van der Waals surface area contributed by atoms with Crippen molar-refractivity contribution in [3.63, 3.8) is 0 Å². The van der Waals surface area contributed by atoms with E-state index < -0.39 is 23.1 Å². The van der Waals surface area contributed by atoms with Crippen LogP contribution in [-0.2, 0) is 25.6 Å². The van der Waals surface area contributed by atoms with Gasteiger partial charge in [0.2, 0.25) is 5.91 Å². The van der Waals surface area contributed by atoms with E-state index in [0.717, 1.165) is 39.9 Å². The van der Waals surface area contributed by atoms with Gasteiger partial charge in [0, 0.05) is 0 Å². The lowest BCUT2D eigenvalue weighted by Gasteiger charge is -2.16. The molecule has 0 spiro atoms. The van der Waals surface area contributed by atoms with Crippen LogP contribution < -0.4 is 15.4 Å². The number of esters is 2. The Bertz CT molecular complexity index is 1750. The van der Waals surface area contributed by atoms with Crippen molar-refractivity contribution >= 4 is 51.9 Å². The summed E-state index contributed by atoms with van der Waals surface area (Å²) < 4.78 is 17.7. The van der Waals surface area contributed by atoms with Crippen molar-refractivity contribution in [2.75, 3.05) is 25.1 Å². The van der Waals surface area contributed by atoms with Gasteiger partial charge in [-0.1, -0.05) is 42.1 Å². The summed E-state index contributed by atoms with van der Waals surface area (Å²) in [4.78, 5) is 51.7. The highest BCUT2D eigenvalue weighted by Crippen LogP contribution is 2.35. The number of carbonyl (C=O) groups excluding carboxylic acids is 4. The van der Waals surface area contributed by atoms with Crippen LogP contribution in [0.5, 0.6) is 5.75 Å². The van der Waals surface area contributed by atoms with E-state index in [1.807, 2.05) is 54.8 Å². The fourth-order valence-corrected chi connectivity index (χ4v) is 6.44. The fraction of sp³-hybridized carbons (Fsp3) is 0.333. The third-order valence-corrected chi connectivity index (χ3v) is 9.28. The average molecular weight is 680 g/mol. The first kappa shape index (κ1) is 35.2. The van der Waals surface area contributed by atoms with Gasteiger partial charge in [0.15, 0.2) is 17.6 Å². The van der Waals surface area contributed by atoms with E-state index in [0.29, 0.717) is 22.3 Å². The molecule has 12 nitrogen and oxygen atoms in total. The predicted molar refractivity (Wildman–Crippen MR) is 180 cm³/mol. The Balaban J connectivity index is 1.56. The first-order chi connectivity index (χ1) is 22.5. The molecule has 2 N–H and O–H groups in total. The van der Waals surface area contributed by atoms with Crippen molar-refractivity contribution in [3.05, 3.63) is 81.5 Å². The predicted octanol–water partition coefficient (Wildman–Crippen LogP) is 5.42. The van der Waals surface area contributed by atoms with E-state index in [4.69, 9.17) is 14.2 Å². The van der Waals surface area contributed by atoms with Gasteiger partial charge in [0.25, 0.3) is 5.91 Å². The Labute approximate surface area is 281 Å². The Kier molecular flexibility index (Phi) is 12.1. The molecule has 0 aliphatic rings. The number of nitrogens with zero attached hydrogens (tertiary/aromatic N) is 3. The normalized spacial score (nSPS) is 11.4. The number of nitrogens with one attached hydrogen (secondary N) is 2. The van der Waals surface area contributed by atoms with E-state index in [9.17, 15) is 19.2 Å². The standard InChI is InChI=1S/C33H37N5O7S2/c1-7-43-31(41)27-21(5)28(32(42)44-8-2)47-30(27)35-29(40)22(6)46-33-37-36-25(38(33)24-16-12-13-19(3)20(24)4)17-34-26(39)18-45-23-14-10-9-11-15-23/h9-16,22H,7-8,17-18H2,1-6H3,(H,34,39)(H,35,40)/t22-/m1/s1. The van der Waals surface area contributed by atoms with Crippen LogP contribution in [-0.4, -0.2) is 63.6 Å². The number of hydrogen-bond acceptors (Lipinski definition) is 11. The molecule has 0 fully saturated rings. The van der Waals surface area contributed by atoms with E-state index in [1.54, 1.807) is 39.8 Å². The number of hydrogen-bond donors (Lipinski definition) is 2. The number of para-hydroxylation sites is 1. The Morgan fingerprint density at radius 1 is 0.915 bits per heavy atom. The molecule has 2 aromatic carbocycles. The van der Waals surface area contributed by atoms with Crippen LogP contribution >= 0.6 is 23.1 Å². The summed E-state index contributed by atoms with van der Waals surface area (Å²) in [5.41, 5.74) is 3.30. The lowest BCUT2D eigenvalue weighted by atomic mass is 10.1. The van der Waals surface area contributed by atoms with Gasteiger partial charge in [-0.2, -0.15) is 0 Å². The number of thiophene rings is 1. The smallest absolute Gasteiger partial charge is 0.348 e. The molecule has 0 bridgehead atoms. The maximum absolute atomic E-state index is 13.5. The number of aryl methyl sites for hydroxylation is 1. The molecule has 2 heterocycles. The number of amides is 2. The zero-order valence-corrected chi connectivity index (χ0v) is 28.7. The number of anilines is 1. The van der Waals surface area contributed by atoms with Crippen LogP contribution in [0.4, 0.5) is 5.00 Å². The molecule has 0 saturated carbocycles. The fourth-order valence-electron chi connectivity index (χ4n) is 4.47. The first-order valence-corrected chi connectivity index (χ1v) is 16.7. The van der Waals surface area contributed by atoms with E-state index in [-0.39, 0.29) is 47.7 Å². The van der Waals surface area contributed by atoms with Gasteiger partial charge in [-0.25, -0.2) is 9.59 Å². The lowest BCUT2D eigenvalue weighted by Crippen LogP contribution is -2.29. The molecule has 2 amide bonds. The van der Waals surface area contributed by atoms with Crippen LogP contribution in [0, 0.1) is 20.8 Å². The van der Waals surface area contributed by atoms with Crippen molar-refractivity contribution in [1.82, 2.24) is 20.1 Å². The third-order valence-electron chi connectivity index (χ3n) is 7.05.